The Hall–Kier alpha value is -3.29. The molecule has 156 valence electrons. The summed E-state index contributed by atoms with van der Waals surface area (Å²) in [5.41, 5.74) is -1.43. The maximum absolute atomic E-state index is 14.3. The number of carbonyl (C=O) groups excluding carboxylic acids is 1. The molecule has 3 aromatic rings. The van der Waals surface area contributed by atoms with Crippen LogP contribution < -0.4 is 4.74 Å². The van der Waals surface area contributed by atoms with Crippen molar-refractivity contribution in [2.45, 2.75) is 19.8 Å². The van der Waals surface area contributed by atoms with Crippen molar-refractivity contribution in [2.75, 3.05) is 0 Å². The maximum Gasteiger partial charge on any atom is 0.349 e. The summed E-state index contributed by atoms with van der Waals surface area (Å²) < 4.78 is 86.4. The van der Waals surface area contributed by atoms with Crippen LogP contribution in [0.1, 0.15) is 34.8 Å². The topological polar surface area (TPSA) is 26.3 Å². The first-order chi connectivity index (χ1) is 14.2. The quantitative estimate of drug-likeness (QED) is 0.256. The third-order valence-electron chi connectivity index (χ3n) is 4.34. The summed E-state index contributed by atoms with van der Waals surface area (Å²) in [6, 6.07) is 6.09. The fourth-order valence-corrected chi connectivity index (χ4v) is 3.04. The lowest BCUT2D eigenvalue weighted by atomic mass is 10.0. The predicted octanol–water partition coefficient (Wildman–Crippen LogP) is 6.81. The fraction of sp³-hybridized carbons (Fsp3) is 0.136. The standard InChI is InChI=1S/C22H14F6O2/c1-2-3-11-6-17(24)20(18(25)7-11)22(29)30-13-4-5-14-12(8-13)9-16(23)15(21(14)28)10-19(26)27/h4-10H,2-3H2,1H3. The van der Waals surface area contributed by atoms with Gasteiger partial charge in [-0.2, -0.15) is 8.78 Å². The maximum atomic E-state index is 14.3. The van der Waals surface area contributed by atoms with Crippen LogP contribution in [-0.4, -0.2) is 5.97 Å². The van der Waals surface area contributed by atoms with Crippen LogP contribution >= 0.6 is 0 Å². The average molecular weight is 424 g/mol. The van der Waals surface area contributed by atoms with Crippen LogP contribution in [0.25, 0.3) is 16.8 Å². The zero-order valence-corrected chi connectivity index (χ0v) is 15.5. The van der Waals surface area contributed by atoms with E-state index in [-0.39, 0.29) is 22.6 Å². The molecular formula is C22H14F6O2. The molecule has 3 aromatic carbocycles. The summed E-state index contributed by atoms with van der Waals surface area (Å²) in [6.07, 6.45) is -1.13. The third-order valence-corrected chi connectivity index (χ3v) is 4.34. The van der Waals surface area contributed by atoms with Crippen LogP contribution in [0.15, 0.2) is 42.5 Å². The van der Waals surface area contributed by atoms with Gasteiger partial charge in [0.05, 0.1) is 5.56 Å². The van der Waals surface area contributed by atoms with Gasteiger partial charge in [-0.1, -0.05) is 13.3 Å². The van der Waals surface area contributed by atoms with Gasteiger partial charge >= 0.3 is 5.97 Å². The summed E-state index contributed by atoms with van der Waals surface area (Å²) in [5, 5.41) is -0.295. The number of benzene rings is 3. The number of hydrogen-bond donors (Lipinski definition) is 0. The molecule has 0 atom stereocenters. The smallest absolute Gasteiger partial charge is 0.349 e. The molecule has 8 heteroatoms. The van der Waals surface area contributed by atoms with Gasteiger partial charge in [-0.3, -0.25) is 0 Å². The number of rotatable bonds is 5. The van der Waals surface area contributed by atoms with Gasteiger partial charge in [-0.15, -0.1) is 0 Å². The largest absolute Gasteiger partial charge is 0.423 e. The molecule has 0 saturated heterocycles. The van der Waals surface area contributed by atoms with Crippen LogP contribution in [0.5, 0.6) is 5.75 Å². The predicted molar refractivity (Wildman–Crippen MR) is 99.4 cm³/mol. The molecule has 0 aromatic heterocycles. The van der Waals surface area contributed by atoms with E-state index in [4.69, 9.17) is 4.74 Å². The SMILES string of the molecule is CCCc1cc(F)c(C(=O)Oc2ccc3c(F)c(C=C(F)F)c(F)cc3c2)c(F)c1. The normalized spacial score (nSPS) is 10.9. The Morgan fingerprint density at radius 2 is 1.63 bits per heavy atom. The third kappa shape index (κ3) is 4.32. The molecule has 0 heterocycles. The summed E-state index contributed by atoms with van der Waals surface area (Å²) in [7, 11) is 0. The highest BCUT2D eigenvalue weighted by atomic mass is 19.3. The molecule has 0 aliphatic heterocycles. The van der Waals surface area contributed by atoms with E-state index >= 15 is 0 Å². The summed E-state index contributed by atoms with van der Waals surface area (Å²) >= 11 is 0. The minimum absolute atomic E-state index is 0.0613. The van der Waals surface area contributed by atoms with Gasteiger partial charge in [-0.25, -0.2) is 22.4 Å². The Labute approximate surface area is 167 Å². The Kier molecular flexibility index (Phi) is 6.14. The number of halogens is 6. The molecule has 0 aliphatic rings. The second kappa shape index (κ2) is 8.61. The Morgan fingerprint density at radius 3 is 2.23 bits per heavy atom. The monoisotopic (exact) mass is 424 g/mol. The van der Waals surface area contributed by atoms with Gasteiger partial charge in [0.1, 0.15) is 34.6 Å². The average Bonchev–Trinajstić information content (AvgIpc) is 2.64. The van der Waals surface area contributed by atoms with E-state index in [9.17, 15) is 31.1 Å². The molecule has 0 amide bonds. The number of esters is 1. The molecule has 30 heavy (non-hydrogen) atoms. The number of ether oxygens (including phenoxy) is 1. The van der Waals surface area contributed by atoms with Crippen LogP contribution in [0.2, 0.25) is 0 Å². The summed E-state index contributed by atoms with van der Waals surface area (Å²) in [6.45, 7) is 1.83. The first kappa shape index (κ1) is 21.4. The lowest BCUT2D eigenvalue weighted by molar-refractivity contribution is 0.0725. The van der Waals surface area contributed by atoms with Crippen LogP contribution in [-0.2, 0) is 6.42 Å². The second-order valence-corrected chi connectivity index (χ2v) is 6.48. The van der Waals surface area contributed by atoms with Crippen molar-refractivity contribution in [3.8, 4) is 5.75 Å². The molecular weight excluding hydrogens is 410 g/mol. The van der Waals surface area contributed by atoms with E-state index in [1.807, 2.05) is 6.92 Å². The second-order valence-electron chi connectivity index (χ2n) is 6.48. The van der Waals surface area contributed by atoms with E-state index in [0.717, 1.165) is 36.4 Å². The molecule has 0 spiro atoms. The van der Waals surface area contributed by atoms with Crippen molar-refractivity contribution in [3.63, 3.8) is 0 Å². The van der Waals surface area contributed by atoms with Crippen molar-refractivity contribution in [2.24, 2.45) is 0 Å². The first-order valence-corrected chi connectivity index (χ1v) is 8.85. The Morgan fingerprint density at radius 1 is 0.967 bits per heavy atom. The van der Waals surface area contributed by atoms with E-state index in [2.05, 4.69) is 0 Å². The van der Waals surface area contributed by atoms with E-state index in [1.165, 1.54) is 0 Å². The highest BCUT2D eigenvalue weighted by Crippen LogP contribution is 2.30. The number of carbonyl (C=O) groups is 1. The lowest BCUT2D eigenvalue weighted by Crippen LogP contribution is -2.14. The number of fused-ring (bicyclic) bond motifs is 1. The van der Waals surface area contributed by atoms with Crippen molar-refractivity contribution in [1.82, 2.24) is 0 Å². The number of hydrogen-bond acceptors (Lipinski definition) is 2. The van der Waals surface area contributed by atoms with E-state index < -0.39 is 46.4 Å². The zero-order valence-electron chi connectivity index (χ0n) is 15.5. The lowest BCUT2D eigenvalue weighted by Gasteiger charge is -2.10. The van der Waals surface area contributed by atoms with E-state index in [0.29, 0.717) is 18.4 Å². The van der Waals surface area contributed by atoms with Crippen LogP contribution in [0.3, 0.4) is 0 Å². The molecule has 0 saturated carbocycles. The minimum atomic E-state index is -2.27. The minimum Gasteiger partial charge on any atom is -0.423 e. The molecule has 0 radical (unpaired) electrons. The molecule has 0 unspecified atom stereocenters. The highest BCUT2D eigenvalue weighted by molar-refractivity contribution is 5.93. The van der Waals surface area contributed by atoms with Crippen molar-refractivity contribution >= 4 is 22.8 Å². The van der Waals surface area contributed by atoms with Crippen molar-refractivity contribution < 1.29 is 35.9 Å². The zero-order chi connectivity index (χ0) is 22.0. The molecule has 0 aliphatic carbocycles. The number of aryl methyl sites for hydroxylation is 1. The molecule has 0 fully saturated rings. The van der Waals surface area contributed by atoms with Crippen LogP contribution in [0.4, 0.5) is 26.3 Å². The fourth-order valence-electron chi connectivity index (χ4n) is 3.04. The summed E-state index contributed by atoms with van der Waals surface area (Å²) in [5.74, 6) is -6.22. The van der Waals surface area contributed by atoms with Gasteiger partial charge in [0.2, 0.25) is 0 Å². The first-order valence-electron chi connectivity index (χ1n) is 8.85. The Bertz CT molecular complexity index is 1140. The molecule has 2 nitrogen and oxygen atoms in total. The van der Waals surface area contributed by atoms with Gasteiger partial charge in [-0.05, 0) is 53.8 Å². The molecule has 0 bridgehead atoms. The van der Waals surface area contributed by atoms with E-state index in [1.54, 1.807) is 0 Å². The van der Waals surface area contributed by atoms with Gasteiger partial charge in [0.25, 0.3) is 6.08 Å². The molecule has 0 N–H and O–H groups in total. The van der Waals surface area contributed by atoms with Gasteiger partial charge < -0.3 is 4.74 Å². The highest BCUT2D eigenvalue weighted by Gasteiger charge is 2.21. The summed E-state index contributed by atoms with van der Waals surface area (Å²) in [4.78, 5) is 12.2. The van der Waals surface area contributed by atoms with Gasteiger partial charge in [0.15, 0.2) is 0 Å². The van der Waals surface area contributed by atoms with Crippen molar-refractivity contribution in [3.05, 3.63) is 82.4 Å². The molecule has 3 rings (SSSR count). The van der Waals surface area contributed by atoms with Gasteiger partial charge in [0, 0.05) is 11.5 Å². The Balaban J connectivity index is 1.95. The van der Waals surface area contributed by atoms with Crippen LogP contribution in [0, 0.1) is 23.3 Å². The van der Waals surface area contributed by atoms with Crippen molar-refractivity contribution in [1.29, 1.82) is 0 Å².